The maximum Gasteiger partial charge on any atom is 0.408 e. The first kappa shape index (κ1) is 14.4. The lowest BCUT2D eigenvalue weighted by Crippen LogP contribution is -2.41. The predicted octanol–water partition coefficient (Wildman–Crippen LogP) is 3.16. The van der Waals surface area contributed by atoms with Crippen molar-refractivity contribution in [2.45, 2.75) is 46.3 Å². The minimum absolute atomic E-state index is 0.298. The molecule has 0 saturated heterocycles. The lowest BCUT2D eigenvalue weighted by Gasteiger charge is -2.22. The molecule has 1 aromatic carbocycles. The van der Waals surface area contributed by atoms with Gasteiger partial charge in [-0.3, -0.25) is 0 Å². The van der Waals surface area contributed by atoms with Gasteiger partial charge < -0.3 is 15.8 Å². The van der Waals surface area contributed by atoms with Gasteiger partial charge >= 0.3 is 6.09 Å². The number of benzene rings is 1. The van der Waals surface area contributed by atoms with Crippen LogP contribution in [-0.4, -0.2) is 11.6 Å². The Labute approximate surface area is 109 Å². The molecule has 0 aromatic heterocycles. The van der Waals surface area contributed by atoms with Crippen molar-refractivity contribution in [2.24, 2.45) is 0 Å². The van der Waals surface area contributed by atoms with Crippen LogP contribution < -0.4 is 11.1 Å². The molecular formula is C14H22N2O2. The van der Waals surface area contributed by atoms with Gasteiger partial charge in [0.1, 0.15) is 6.10 Å². The van der Waals surface area contributed by atoms with Gasteiger partial charge in [-0.2, -0.15) is 0 Å². The molecule has 0 saturated carbocycles. The Morgan fingerprint density at radius 1 is 1.39 bits per heavy atom. The number of carbonyl (C=O) groups excluding carboxylic acids is 1. The fourth-order valence-corrected chi connectivity index (χ4v) is 1.52. The number of hydrogen-bond acceptors (Lipinski definition) is 3. The first-order valence-corrected chi connectivity index (χ1v) is 6.04. The van der Waals surface area contributed by atoms with Crippen LogP contribution in [0.1, 0.15) is 44.9 Å². The van der Waals surface area contributed by atoms with Gasteiger partial charge in [0.05, 0.1) is 0 Å². The van der Waals surface area contributed by atoms with E-state index in [0.717, 1.165) is 16.8 Å². The molecule has 4 nitrogen and oxygen atoms in total. The number of ether oxygens (including phenoxy) is 1. The maximum absolute atomic E-state index is 11.6. The number of aryl methyl sites for hydroxylation is 1. The minimum atomic E-state index is -0.413. The van der Waals surface area contributed by atoms with Crippen molar-refractivity contribution >= 4 is 11.8 Å². The Morgan fingerprint density at radius 3 is 2.50 bits per heavy atom. The van der Waals surface area contributed by atoms with E-state index in [9.17, 15) is 4.79 Å². The van der Waals surface area contributed by atoms with E-state index in [2.05, 4.69) is 5.32 Å². The van der Waals surface area contributed by atoms with Crippen molar-refractivity contribution in [3.05, 3.63) is 29.3 Å². The fraction of sp³-hybridized carbons (Fsp3) is 0.500. The minimum Gasteiger partial charge on any atom is -0.442 e. The quantitative estimate of drug-likeness (QED) is 0.792. The molecule has 0 heterocycles. The van der Waals surface area contributed by atoms with E-state index in [1.165, 1.54) is 0 Å². The molecule has 0 bridgehead atoms. The van der Waals surface area contributed by atoms with Crippen LogP contribution in [0.3, 0.4) is 0 Å². The summed E-state index contributed by atoms with van der Waals surface area (Å²) >= 11 is 0. The third kappa shape index (κ3) is 4.28. The molecule has 100 valence electrons. The SMILES string of the molecule is Cc1cc(C(C)OC(=O)NC(C)(C)C)ccc1N. The van der Waals surface area contributed by atoms with E-state index >= 15 is 0 Å². The number of nitrogens with one attached hydrogen (secondary N) is 1. The number of nitrogen functional groups attached to an aromatic ring is 1. The topological polar surface area (TPSA) is 64.3 Å². The second kappa shape index (κ2) is 5.29. The zero-order chi connectivity index (χ0) is 13.9. The number of nitrogens with two attached hydrogens (primary N) is 1. The van der Waals surface area contributed by atoms with Crippen LogP contribution in [0.5, 0.6) is 0 Å². The van der Waals surface area contributed by atoms with E-state index in [1.54, 1.807) is 0 Å². The van der Waals surface area contributed by atoms with Gasteiger partial charge in [0.15, 0.2) is 0 Å². The van der Waals surface area contributed by atoms with Crippen molar-refractivity contribution in [1.29, 1.82) is 0 Å². The third-order valence-electron chi connectivity index (χ3n) is 2.52. The van der Waals surface area contributed by atoms with Crippen LogP contribution in [0.15, 0.2) is 18.2 Å². The predicted molar refractivity (Wildman–Crippen MR) is 73.4 cm³/mol. The standard InChI is InChI=1S/C14H22N2O2/c1-9-8-11(6-7-12(9)15)10(2)18-13(17)16-14(3,4)5/h6-8,10H,15H2,1-5H3,(H,16,17). The first-order chi connectivity index (χ1) is 8.19. The van der Waals surface area contributed by atoms with Crippen LogP contribution >= 0.6 is 0 Å². The van der Waals surface area contributed by atoms with Crippen molar-refractivity contribution in [3.8, 4) is 0 Å². The van der Waals surface area contributed by atoms with Gasteiger partial charge in [0.25, 0.3) is 0 Å². The number of carbonyl (C=O) groups is 1. The Morgan fingerprint density at radius 2 is 2.00 bits per heavy atom. The van der Waals surface area contributed by atoms with E-state index in [1.807, 2.05) is 52.8 Å². The average molecular weight is 250 g/mol. The molecule has 1 unspecified atom stereocenters. The smallest absolute Gasteiger partial charge is 0.408 e. The van der Waals surface area contributed by atoms with Crippen LogP contribution in [0.25, 0.3) is 0 Å². The van der Waals surface area contributed by atoms with E-state index in [4.69, 9.17) is 10.5 Å². The van der Waals surface area contributed by atoms with Crippen LogP contribution in [0.2, 0.25) is 0 Å². The zero-order valence-electron chi connectivity index (χ0n) is 11.7. The van der Waals surface area contributed by atoms with Crippen LogP contribution in [-0.2, 0) is 4.74 Å². The van der Waals surface area contributed by atoms with Gasteiger partial charge in [-0.05, 0) is 51.8 Å². The molecule has 0 aliphatic heterocycles. The summed E-state index contributed by atoms with van der Waals surface area (Å²) in [6.45, 7) is 9.50. The van der Waals surface area contributed by atoms with Gasteiger partial charge in [-0.25, -0.2) is 4.79 Å². The molecule has 1 aromatic rings. The Hall–Kier alpha value is -1.71. The van der Waals surface area contributed by atoms with Crippen molar-refractivity contribution in [2.75, 3.05) is 5.73 Å². The second-order valence-corrected chi connectivity index (χ2v) is 5.54. The molecule has 0 radical (unpaired) electrons. The number of amides is 1. The van der Waals surface area contributed by atoms with E-state index < -0.39 is 6.09 Å². The Bertz CT molecular complexity index is 436. The van der Waals surface area contributed by atoms with Crippen molar-refractivity contribution in [1.82, 2.24) is 5.32 Å². The van der Waals surface area contributed by atoms with E-state index in [0.29, 0.717) is 0 Å². The summed E-state index contributed by atoms with van der Waals surface area (Å²) in [7, 11) is 0. The molecule has 18 heavy (non-hydrogen) atoms. The molecule has 0 aliphatic rings. The highest BCUT2D eigenvalue weighted by Gasteiger charge is 2.17. The second-order valence-electron chi connectivity index (χ2n) is 5.54. The maximum atomic E-state index is 11.6. The molecule has 1 amide bonds. The summed E-state index contributed by atoms with van der Waals surface area (Å²) < 4.78 is 5.32. The lowest BCUT2D eigenvalue weighted by molar-refractivity contribution is 0.100. The molecule has 0 spiro atoms. The lowest BCUT2D eigenvalue weighted by atomic mass is 10.1. The van der Waals surface area contributed by atoms with Crippen LogP contribution in [0.4, 0.5) is 10.5 Å². The molecule has 1 rings (SSSR count). The molecule has 3 N–H and O–H groups in total. The monoisotopic (exact) mass is 250 g/mol. The number of alkyl carbamates (subject to hydrolysis) is 1. The van der Waals surface area contributed by atoms with Crippen molar-refractivity contribution in [3.63, 3.8) is 0 Å². The molecule has 1 atom stereocenters. The molecule has 0 aliphatic carbocycles. The van der Waals surface area contributed by atoms with Gasteiger partial charge in [-0.1, -0.05) is 12.1 Å². The molecular weight excluding hydrogens is 228 g/mol. The molecule has 4 heteroatoms. The van der Waals surface area contributed by atoms with E-state index in [-0.39, 0.29) is 11.6 Å². The fourth-order valence-electron chi connectivity index (χ4n) is 1.52. The van der Waals surface area contributed by atoms with Crippen molar-refractivity contribution < 1.29 is 9.53 Å². The molecule has 0 fully saturated rings. The summed E-state index contributed by atoms with van der Waals surface area (Å²) in [4.78, 5) is 11.6. The Balaban J connectivity index is 2.68. The van der Waals surface area contributed by atoms with Gasteiger partial charge in [-0.15, -0.1) is 0 Å². The average Bonchev–Trinajstić information content (AvgIpc) is 2.18. The van der Waals surface area contributed by atoms with Gasteiger partial charge in [0, 0.05) is 11.2 Å². The highest BCUT2D eigenvalue weighted by molar-refractivity contribution is 5.68. The number of anilines is 1. The normalized spacial score (nSPS) is 12.9. The number of hydrogen-bond donors (Lipinski definition) is 2. The summed E-state index contributed by atoms with van der Waals surface area (Å²) in [6.07, 6.45) is -0.712. The highest BCUT2D eigenvalue weighted by Crippen LogP contribution is 2.21. The summed E-state index contributed by atoms with van der Waals surface area (Å²) in [5.74, 6) is 0. The number of rotatable bonds is 2. The summed E-state index contributed by atoms with van der Waals surface area (Å²) in [5.41, 5.74) is 8.12. The van der Waals surface area contributed by atoms with Gasteiger partial charge in [0.2, 0.25) is 0 Å². The summed E-state index contributed by atoms with van der Waals surface area (Å²) in [6, 6.07) is 5.63. The summed E-state index contributed by atoms with van der Waals surface area (Å²) in [5, 5.41) is 2.76. The third-order valence-corrected chi connectivity index (χ3v) is 2.52. The Kier molecular flexibility index (Phi) is 4.22. The zero-order valence-corrected chi connectivity index (χ0v) is 11.7. The van der Waals surface area contributed by atoms with Crippen LogP contribution in [0, 0.1) is 6.92 Å². The highest BCUT2D eigenvalue weighted by atomic mass is 16.6. The first-order valence-electron chi connectivity index (χ1n) is 6.04. The largest absolute Gasteiger partial charge is 0.442 e.